The molecule has 1 heterocycles. The molecular weight excluding hydrogens is 304 g/mol. The zero-order chi connectivity index (χ0) is 16.1. The predicted octanol–water partition coefficient (Wildman–Crippen LogP) is 3.06. The van der Waals surface area contributed by atoms with E-state index in [0.29, 0.717) is 17.4 Å². The fourth-order valence-corrected chi connectivity index (χ4v) is 2.66. The average molecular weight is 318 g/mol. The molecule has 2 aromatic rings. The van der Waals surface area contributed by atoms with Crippen molar-refractivity contribution in [2.24, 2.45) is 0 Å². The molecule has 0 fully saturated rings. The Balaban J connectivity index is 2.09. The minimum atomic E-state index is -1.52. The van der Waals surface area contributed by atoms with E-state index in [1.165, 1.54) is 11.3 Å². The fourth-order valence-electron chi connectivity index (χ4n) is 1.83. The van der Waals surface area contributed by atoms with E-state index in [1.54, 1.807) is 13.2 Å². The number of allylic oxidation sites excluding steroid dienone is 1. The van der Waals surface area contributed by atoms with Crippen LogP contribution in [0.5, 0.6) is 5.75 Å². The third kappa shape index (κ3) is 3.95. The summed E-state index contributed by atoms with van der Waals surface area (Å²) in [6.07, 6.45) is 1.37. The van der Waals surface area contributed by atoms with E-state index in [4.69, 9.17) is 14.9 Å². The van der Waals surface area contributed by atoms with Gasteiger partial charge in [0.1, 0.15) is 5.75 Å². The van der Waals surface area contributed by atoms with Crippen molar-refractivity contribution in [3.05, 3.63) is 63.6 Å². The van der Waals surface area contributed by atoms with Crippen LogP contribution < -0.4 is 4.74 Å². The second kappa shape index (κ2) is 6.91. The van der Waals surface area contributed by atoms with Gasteiger partial charge in [0.05, 0.1) is 12.0 Å². The van der Waals surface area contributed by atoms with E-state index in [0.717, 1.165) is 16.9 Å². The molecule has 0 aliphatic carbocycles. The SMILES string of the molecule is COc1ccc(Cc2csc(C(=O)C=C(O)C(=O)O)c2)cc1. The molecule has 0 radical (unpaired) electrons. The average Bonchev–Trinajstić information content (AvgIpc) is 2.96. The molecule has 1 aromatic carbocycles. The Bertz CT molecular complexity index is 712. The topological polar surface area (TPSA) is 83.8 Å². The summed E-state index contributed by atoms with van der Waals surface area (Å²) in [4.78, 5) is 22.7. The molecule has 2 rings (SSSR count). The molecule has 22 heavy (non-hydrogen) atoms. The van der Waals surface area contributed by atoms with Gasteiger partial charge >= 0.3 is 5.97 Å². The third-order valence-corrected chi connectivity index (χ3v) is 3.94. The maximum Gasteiger partial charge on any atom is 0.371 e. The standard InChI is InChI=1S/C16H14O5S/c1-21-12-4-2-10(3-5-12)6-11-7-15(22-9-11)13(17)8-14(18)16(19)20/h2-5,7-9,18H,6H2,1H3,(H,19,20). The number of carboxylic acids is 1. The summed E-state index contributed by atoms with van der Waals surface area (Å²) in [5, 5.41) is 19.5. The first-order chi connectivity index (χ1) is 10.5. The third-order valence-electron chi connectivity index (χ3n) is 2.95. The van der Waals surface area contributed by atoms with E-state index in [1.807, 2.05) is 29.6 Å². The number of hydrogen-bond donors (Lipinski definition) is 2. The summed E-state index contributed by atoms with van der Waals surface area (Å²) >= 11 is 1.22. The van der Waals surface area contributed by atoms with Crippen LogP contribution in [-0.4, -0.2) is 29.1 Å². The summed E-state index contributed by atoms with van der Waals surface area (Å²) in [6.45, 7) is 0. The Hall–Kier alpha value is -2.60. The molecular formula is C16H14O5S. The Labute approximate surface area is 131 Å². The number of aliphatic hydroxyl groups is 1. The zero-order valence-electron chi connectivity index (χ0n) is 11.8. The number of thiophene rings is 1. The molecule has 0 amide bonds. The van der Waals surface area contributed by atoms with E-state index in [-0.39, 0.29) is 0 Å². The number of ether oxygens (including phenoxy) is 1. The largest absolute Gasteiger partial charge is 0.502 e. The molecule has 0 aliphatic rings. The second-order valence-electron chi connectivity index (χ2n) is 4.54. The van der Waals surface area contributed by atoms with Gasteiger partial charge in [0, 0.05) is 6.08 Å². The van der Waals surface area contributed by atoms with Crippen molar-refractivity contribution in [3.63, 3.8) is 0 Å². The van der Waals surface area contributed by atoms with Gasteiger partial charge in [-0.1, -0.05) is 12.1 Å². The van der Waals surface area contributed by atoms with Crippen LogP contribution >= 0.6 is 11.3 Å². The highest BCUT2D eigenvalue weighted by molar-refractivity contribution is 7.12. The normalized spacial score (nSPS) is 11.2. The van der Waals surface area contributed by atoms with Crippen LogP contribution in [0.1, 0.15) is 20.8 Å². The van der Waals surface area contributed by atoms with Gasteiger partial charge in [-0.2, -0.15) is 0 Å². The Kier molecular flexibility index (Phi) is 4.95. The van der Waals surface area contributed by atoms with Crippen molar-refractivity contribution < 1.29 is 24.5 Å². The summed E-state index contributed by atoms with van der Waals surface area (Å²) in [7, 11) is 1.60. The van der Waals surface area contributed by atoms with Crippen LogP contribution in [0.25, 0.3) is 0 Å². The quantitative estimate of drug-likeness (QED) is 0.486. The lowest BCUT2D eigenvalue weighted by Gasteiger charge is -2.01. The molecule has 1 aromatic heterocycles. The van der Waals surface area contributed by atoms with Gasteiger partial charge in [-0.3, -0.25) is 4.79 Å². The van der Waals surface area contributed by atoms with Gasteiger partial charge in [-0.15, -0.1) is 11.3 Å². The Morgan fingerprint density at radius 1 is 1.18 bits per heavy atom. The van der Waals surface area contributed by atoms with Crippen LogP contribution in [-0.2, 0) is 11.2 Å². The first-order valence-electron chi connectivity index (χ1n) is 6.38. The number of carboxylic acid groups (broad SMARTS) is 1. The smallest absolute Gasteiger partial charge is 0.371 e. The first kappa shape index (κ1) is 15.8. The number of carbonyl (C=O) groups excluding carboxylic acids is 1. The van der Waals surface area contributed by atoms with Crippen molar-refractivity contribution in [2.75, 3.05) is 7.11 Å². The minimum absolute atomic E-state index is 0.385. The highest BCUT2D eigenvalue weighted by Crippen LogP contribution is 2.20. The van der Waals surface area contributed by atoms with E-state index >= 15 is 0 Å². The number of benzene rings is 1. The van der Waals surface area contributed by atoms with Gasteiger partial charge in [0.15, 0.2) is 5.78 Å². The number of aliphatic hydroxyl groups excluding tert-OH is 1. The number of methoxy groups -OCH3 is 1. The summed E-state index contributed by atoms with van der Waals surface area (Å²) in [6, 6.07) is 9.30. The molecule has 0 spiro atoms. The maximum absolute atomic E-state index is 11.8. The van der Waals surface area contributed by atoms with Crippen LogP contribution in [0.3, 0.4) is 0 Å². The Morgan fingerprint density at radius 2 is 1.86 bits per heavy atom. The van der Waals surface area contributed by atoms with Crippen LogP contribution in [0.2, 0.25) is 0 Å². The number of rotatable bonds is 6. The summed E-state index contributed by atoms with van der Waals surface area (Å²) in [5.41, 5.74) is 2.02. The van der Waals surface area contributed by atoms with Gasteiger partial charge in [-0.25, -0.2) is 4.79 Å². The molecule has 0 aliphatic heterocycles. The van der Waals surface area contributed by atoms with E-state index in [2.05, 4.69) is 0 Å². The summed E-state index contributed by atoms with van der Waals surface area (Å²) in [5.74, 6) is -2.23. The summed E-state index contributed by atoms with van der Waals surface area (Å²) < 4.78 is 5.09. The van der Waals surface area contributed by atoms with Crippen LogP contribution in [0, 0.1) is 0 Å². The molecule has 0 bridgehead atoms. The lowest BCUT2D eigenvalue weighted by molar-refractivity contribution is -0.135. The first-order valence-corrected chi connectivity index (χ1v) is 7.26. The van der Waals surface area contributed by atoms with Crippen LogP contribution in [0.4, 0.5) is 0 Å². The van der Waals surface area contributed by atoms with Crippen LogP contribution in [0.15, 0.2) is 47.5 Å². The lowest BCUT2D eigenvalue weighted by atomic mass is 10.1. The lowest BCUT2D eigenvalue weighted by Crippen LogP contribution is -2.02. The molecule has 5 nitrogen and oxygen atoms in total. The highest BCUT2D eigenvalue weighted by atomic mass is 32.1. The predicted molar refractivity (Wildman–Crippen MR) is 82.8 cm³/mol. The van der Waals surface area contributed by atoms with Gasteiger partial charge in [0.2, 0.25) is 5.76 Å². The van der Waals surface area contributed by atoms with Gasteiger partial charge in [-0.05, 0) is 41.1 Å². The minimum Gasteiger partial charge on any atom is -0.502 e. The molecule has 0 atom stereocenters. The van der Waals surface area contributed by atoms with Gasteiger partial charge in [0.25, 0.3) is 0 Å². The maximum atomic E-state index is 11.8. The molecule has 114 valence electrons. The van der Waals surface area contributed by atoms with E-state index < -0.39 is 17.5 Å². The monoisotopic (exact) mass is 318 g/mol. The van der Waals surface area contributed by atoms with Crippen molar-refractivity contribution >= 4 is 23.1 Å². The number of carbonyl (C=O) groups is 2. The molecule has 0 saturated carbocycles. The van der Waals surface area contributed by atoms with Crippen molar-refractivity contribution in [1.82, 2.24) is 0 Å². The molecule has 6 heteroatoms. The van der Waals surface area contributed by atoms with Crippen molar-refractivity contribution in [1.29, 1.82) is 0 Å². The molecule has 0 unspecified atom stereocenters. The second-order valence-corrected chi connectivity index (χ2v) is 5.45. The molecule has 2 N–H and O–H groups in total. The van der Waals surface area contributed by atoms with Crippen molar-refractivity contribution in [3.8, 4) is 5.75 Å². The number of ketones is 1. The zero-order valence-corrected chi connectivity index (χ0v) is 12.6. The van der Waals surface area contributed by atoms with E-state index in [9.17, 15) is 9.59 Å². The molecule has 0 saturated heterocycles. The number of hydrogen-bond acceptors (Lipinski definition) is 5. The van der Waals surface area contributed by atoms with Gasteiger partial charge < -0.3 is 14.9 Å². The number of aliphatic carboxylic acids is 1. The fraction of sp³-hybridized carbons (Fsp3) is 0.125. The van der Waals surface area contributed by atoms with Crippen molar-refractivity contribution in [2.45, 2.75) is 6.42 Å². The Morgan fingerprint density at radius 3 is 2.45 bits per heavy atom. The highest BCUT2D eigenvalue weighted by Gasteiger charge is 2.12.